The van der Waals surface area contributed by atoms with E-state index in [-0.39, 0.29) is 17.7 Å². The lowest BCUT2D eigenvalue weighted by Crippen LogP contribution is -2.48. The standard InChI is InChI=1S/C15H27NO3.C2H6/c1-11(17)13(12-9-7-6-8-10-12)16(5)14(18)19-15(2,3)4;1-2/h12-13H,6-10H2,1-5H3;1-2H3/t13-;/m0./s1. The number of likely N-dealkylation sites (N-methyl/N-ethyl adjacent to an activating group) is 1. The maximum Gasteiger partial charge on any atom is 0.410 e. The summed E-state index contributed by atoms with van der Waals surface area (Å²) in [4.78, 5) is 25.5. The molecule has 0 spiro atoms. The van der Waals surface area contributed by atoms with E-state index in [4.69, 9.17) is 4.74 Å². The van der Waals surface area contributed by atoms with Crippen molar-refractivity contribution in [3.8, 4) is 0 Å². The molecular weight excluding hydrogens is 266 g/mol. The van der Waals surface area contributed by atoms with Gasteiger partial charge in [-0.2, -0.15) is 0 Å². The molecule has 0 unspecified atom stereocenters. The number of nitrogens with zero attached hydrogens (tertiary/aromatic N) is 1. The van der Waals surface area contributed by atoms with Crippen LogP contribution in [-0.2, 0) is 9.53 Å². The Morgan fingerprint density at radius 1 is 1.10 bits per heavy atom. The highest BCUT2D eigenvalue weighted by molar-refractivity contribution is 5.85. The number of amides is 1. The molecule has 124 valence electrons. The smallest absolute Gasteiger partial charge is 0.410 e. The molecular formula is C17H33NO3. The first-order valence-corrected chi connectivity index (χ1v) is 8.18. The number of ether oxygens (including phenoxy) is 1. The Hall–Kier alpha value is -1.06. The van der Waals surface area contributed by atoms with E-state index < -0.39 is 11.7 Å². The molecule has 4 heteroatoms. The van der Waals surface area contributed by atoms with E-state index in [0.29, 0.717) is 0 Å². The van der Waals surface area contributed by atoms with E-state index in [9.17, 15) is 9.59 Å². The maximum absolute atomic E-state index is 12.1. The van der Waals surface area contributed by atoms with Crippen LogP contribution in [0, 0.1) is 5.92 Å². The van der Waals surface area contributed by atoms with Gasteiger partial charge in [0, 0.05) is 7.05 Å². The number of carbonyl (C=O) groups is 2. The fraction of sp³-hybridized carbons (Fsp3) is 0.882. The summed E-state index contributed by atoms with van der Waals surface area (Å²) in [6.45, 7) is 11.1. The molecule has 1 amide bonds. The van der Waals surface area contributed by atoms with Gasteiger partial charge in [0.05, 0.1) is 6.04 Å². The van der Waals surface area contributed by atoms with Crippen LogP contribution < -0.4 is 0 Å². The van der Waals surface area contributed by atoms with E-state index in [1.54, 1.807) is 14.0 Å². The van der Waals surface area contributed by atoms with Crippen molar-refractivity contribution < 1.29 is 14.3 Å². The Kier molecular flexibility index (Phi) is 8.60. The van der Waals surface area contributed by atoms with Crippen molar-refractivity contribution in [3.05, 3.63) is 0 Å². The Labute approximate surface area is 130 Å². The minimum absolute atomic E-state index is 0.0558. The van der Waals surface area contributed by atoms with Gasteiger partial charge in [0.2, 0.25) is 0 Å². The summed E-state index contributed by atoms with van der Waals surface area (Å²) in [7, 11) is 1.68. The minimum atomic E-state index is -0.529. The SMILES string of the molecule is CC.CC(=O)[C@@H](C1CCCCC1)N(C)C(=O)OC(C)(C)C. The first-order valence-electron chi connectivity index (χ1n) is 8.18. The second kappa shape index (κ2) is 9.06. The van der Waals surface area contributed by atoms with Gasteiger partial charge in [0.25, 0.3) is 0 Å². The molecule has 0 aromatic heterocycles. The van der Waals surface area contributed by atoms with Crippen LogP contribution >= 0.6 is 0 Å². The van der Waals surface area contributed by atoms with Crippen LogP contribution in [0.15, 0.2) is 0 Å². The average Bonchev–Trinajstić information content (AvgIpc) is 2.40. The molecule has 1 atom stereocenters. The minimum Gasteiger partial charge on any atom is -0.444 e. The summed E-state index contributed by atoms with van der Waals surface area (Å²) in [5, 5.41) is 0. The number of carbonyl (C=O) groups excluding carboxylic acids is 2. The largest absolute Gasteiger partial charge is 0.444 e. The lowest BCUT2D eigenvalue weighted by Gasteiger charge is -2.35. The first-order chi connectivity index (χ1) is 9.72. The molecule has 0 aromatic rings. The lowest BCUT2D eigenvalue weighted by atomic mass is 9.82. The molecule has 0 saturated heterocycles. The number of ketones is 1. The van der Waals surface area contributed by atoms with Gasteiger partial charge < -0.3 is 9.64 Å². The van der Waals surface area contributed by atoms with E-state index in [0.717, 1.165) is 25.7 Å². The Morgan fingerprint density at radius 2 is 1.57 bits per heavy atom. The number of rotatable bonds is 3. The monoisotopic (exact) mass is 299 g/mol. The Morgan fingerprint density at radius 3 is 1.95 bits per heavy atom. The van der Waals surface area contributed by atoms with Crippen molar-refractivity contribution in [2.24, 2.45) is 5.92 Å². The molecule has 0 aromatic carbocycles. The molecule has 21 heavy (non-hydrogen) atoms. The molecule has 1 saturated carbocycles. The van der Waals surface area contributed by atoms with Crippen LogP contribution in [0.25, 0.3) is 0 Å². The molecule has 1 aliphatic rings. The van der Waals surface area contributed by atoms with Crippen LogP contribution in [0.4, 0.5) is 4.79 Å². The molecule has 0 N–H and O–H groups in total. The number of hydrogen-bond acceptors (Lipinski definition) is 3. The predicted molar refractivity (Wildman–Crippen MR) is 86.4 cm³/mol. The van der Waals surface area contributed by atoms with Gasteiger partial charge >= 0.3 is 6.09 Å². The third-order valence-electron chi connectivity index (χ3n) is 3.61. The molecule has 1 aliphatic carbocycles. The Balaban J connectivity index is 0.00000191. The van der Waals surface area contributed by atoms with E-state index in [1.807, 2.05) is 34.6 Å². The van der Waals surface area contributed by atoms with Gasteiger partial charge in [0.15, 0.2) is 5.78 Å². The molecule has 1 rings (SSSR count). The van der Waals surface area contributed by atoms with Gasteiger partial charge in [0.1, 0.15) is 5.60 Å². The van der Waals surface area contributed by atoms with Gasteiger partial charge in [-0.3, -0.25) is 4.79 Å². The van der Waals surface area contributed by atoms with Crippen LogP contribution in [0.1, 0.15) is 73.6 Å². The zero-order valence-corrected chi connectivity index (χ0v) is 14.9. The second-order valence-electron chi connectivity index (χ2n) is 6.54. The quantitative estimate of drug-likeness (QED) is 0.775. The van der Waals surface area contributed by atoms with Gasteiger partial charge in [-0.1, -0.05) is 33.1 Å². The first kappa shape index (κ1) is 19.9. The fourth-order valence-electron chi connectivity index (χ4n) is 2.82. The van der Waals surface area contributed by atoms with E-state index in [2.05, 4.69) is 0 Å². The van der Waals surface area contributed by atoms with Crippen LogP contribution in [0.2, 0.25) is 0 Å². The van der Waals surface area contributed by atoms with Crippen molar-refractivity contribution in [1.82, 2.24) is 4.90 Å². The molecule has 0 heterocycles. The van der Waals surface area contributed by atoms with Crippen LogP contribution in [0.5, 0.6) is 0 Å². The molecule has 0 radical (unpaired) electrons. The predicted octanol–water partition coefficient (Wildman–Crippen LogP) is 4.42. The van der Waals surface area contributed by atoms with Crippen LogP contribution in [-0.4, -0.2) is 35.5 Å². The number of Topliss-reactive ketones (excluding diaryl/α,β-unsaturated/α-hetero) is 1. The summed E-state index contributed by atoms with van der Waals surface area (Å²) < 4.78 is 5.36. The zero-order valence-electron chi connectivity index (χ0n) is 14.9. The molecule has 4 nitrogen and oxygen atoms in total. The third-order valence-corrected chi connectivity index (χ3v) is 3.61. The van der Waals surface area contributed by atoms with Crippen molar-refractivity contribution in [3.63, 3.8) is 0 Å². The third kappa shape index (κ3) is 6.96. The van der Waals surface area contributed by atoms with Gasteiger partial charge in [-0.25, -0.2) is 4.79 Å². The highest BCUT2D eigenvalue weighted by Crippen LogP contribution is 2.29. The summed E-state index contributed by atoms with van der Waals surface area (Å²) in [5.41, 5.74) is -0.529. The van der Waals surface area contributed by atoms with Crippen molar-refractivity contribution >= 4 is 11.9 Å². The normalized spacial score (nSPS) is 17.3. The van der Waals surface area contributed by atoms with Crippen molar-refractivity contribution in [2.45, 2.75) is 85.3 Å². The summed E-state index contributed by atoms with van der Waals surface area (Å²) in [6, 6.07) is -0.338. The summed E-state index contributed by atoms with van der Waals surface area (Å²) in [5.74, 6) is 0.337. The Bertz CT molecular complexity index is 327. The summed E-state index contributed by atoms with van der Waals surface area (Å²) >= 11 is 0. The van der Waals surface area contributed by atoms with E-state index >= 15 is 0 Å². The van der Waals surface area contributed by atoms with Gasteiger partial charge in [-0.05, 0) is 46.5 Å². The molecule has 1 fully saturated rings. The van der Waals surface area contributed by atoms with E-state index in [1.165, 1.54) is 11.3 Å². The fourth-order valence-corrected chi connectivity index (χ4v) is 2.82. The summed E-state index contributed by atoms with van der Waals surface area (Å²) in [6.07, 6.45) is 5.18. The molecule has 0 aliphatic heterocycles. The number of hydrogen-bond donors (Lipinski definition) is 0. The maximum atomic E-state index is 12.1. The van der Waals surface area contributed by atoms with Crippen molar-refractivity contribution in [2.75, 3.05) is 7.05 Å². The highest BCUT2D eigenvalue weighted by Gasteiger charge is 2.34. The van der Waals surface area contributed by atoms with Crippen LogP contribution in [0.3, 0.4) is 0 Å². The average molecular weight is 299 g/mol. The van der Waals surface area contributed by atoms with Crippen molar-refractivity contribution in [1.29, 1.82) is 0 Å². The highest BCUT2D eigenvalue weighted by atomic mass is 16.6. The lowest BCUT2D eigenvalue weighted by molar-refractivity contribution is -0.124. The topological polar surface area (TPSA) is 46.6 Å². The molecule has 0 bridgehead atoms. The van der Waals surface area contributed by atoms with Gasteiger partial charge in [-0.15, -0.1) is 0 Å². The zero-order chi connectivity index (χ0) is 16.6. The second-order valence-corrected chi connectivity index (χ2v) is 6.54.